The molecule has 0 aliphatic rings. The van der Waals surface area contributed by atoms with Gasteiger partial charge in [0.25, 0.3) is 0 Å². The number of hydrogen-bond donors (Lipinski definition) is 2. The van der Waals surface area contributed by atoms with Crippen LogP contribution in [0.3, 0.4) is 0 Å². The highest BCUT2D eigenvalue weighted by Crippen LogP contribution is 1.87. The molecule has 0 saturated heterocycles. The zero-order valence-corrected chi connectivity index (χ0v) is 7.51. The Hall–Kier alpha value is -0.910. The quantitative estimate of drug-likeness (QED) is 0.288. The molecule has 6 heteroatoms. The van der Waals surface area contributed by atoms with Crippen LogP contribution >= 0.6 is 15.9 Å². The lowest BCUT2D eigenvalue weighted by atomic mass is 10.6. The van der Waals surface area contributed by atoms with E-state index in [0.717, 1.165) is 0 Å². The van der Waals surface area contributed by atoms with Crippen LogP contribution in [0.4, 0.5) is 0 Å². The molecular weight excluding hydrogens is 214 g/mol. The summed E-state index contributed by atoms with van der Waals surface area (Å²) in [6, 6.07) is 0. The number of nitrogens with one attached hydrogen (secondary N) is 1. The van der Waals surface area contributed by atoms with Gasteiger partial charge >= 0.3 is 5.97 Å². The fourth-order valence-corrected chi connectivity index (χ4v) is 0.529. The van der Waals surface area contributed by atoms with Crippen molar-refractivity contribution in [3.8, 4) is 0 Å². The topological polar surface area (TPSA) is 88.5 Å². The first kappa shape index (κ1) is 10.1. The molecule has 62 valence electrons. The number of carbonyl (C=O) groups is 1. The third-order valence-electron chi connectivity index (χ3n) is 0.687. The summed E-state index contributed by atoms with van der Waals surface area (Å²) in [5, 5.41) is 6.96. The number of halogens is 1. The van der Waals surface area contributed by atoms with Crippen LogP contribution in [-0.4, -0.2) is 23.2 Å². The fraction of sp³-hybridized carbons (Fsp3) is 0.400. The van der Waals surface area contributed by atoms with Gasteiger partial charge in [-0.1, -0.05) is 0 Å². The summed E-state index contributed by atoms with van der Waals surface area (Å²) in [6.45, 7) is 1.87. The van der Waals surface area contributed by atoms with Crippen molar-refractivity contribution in [1.29, 1.82) is 5.41 Å². The predicted octanol–water partition coefficient (Wildman–Crippen LogP) is 0.236. The van der Waals surface area contributed by atoms with Crippen LogP contribution in [0.1, 0.15) is 6.92 Å². The van der Waals surface area contributed by atoms with Crippen molar-refractivity contribution in [3.05, 3.63) is 0 Å². The predicted molar refractivity (Wildman–Crippen MR) is 44.9 cm³/mol. The van der Waals surface area contributed by atoms with E-state index in [-0.39, 0.29) is 11.4 Å². The first-order valence-electron chi connectivity index (χ1n) is 2.83. The van der Waals surface area contributed by atoms with Crippen LogP contribution in [0.5, 0.6) is 0 Å². The van der Waals surface area contributed by atoms with Crippen molar-refractivity contribution in [2.24, 2.45) is 10.7 Å². The van der Waals surface area contributed by atoms with Crippen LogP contribution in [0.2, 0.25) is 0 Å². The Kier molecular flexibility index (Phi) is 4.44. The monoisotopic (exact) mass is 221 g/mol. The minimum atomic E-state index is -0.782. The number of carbonyl (C=O) groups excluding carboxylic acids is 1. The normalized spacial score (nSPS) is 10.9. The third kappa shape index (κ3) is 4.49. The Labute approximate surface area is 72.3 Å². The molecule has 0 radical (unpaired) electrons. The molecular formula is C5H8BrN3O2. The Morgan fingerprint density at radius 3 is 2.73 bits per heavy atom. The lowest BCUT2D eigenvalue weighted by Gasteiger charge is -1.97. The number of ether oxygens (including phenoxy) is 1. The van der Waals surface area contributed by atoms with Gasteiger partial charge in [0.2, 0.25) is 5.84 Å². The molecule has 0 aliphatic heterocycles. The second-order valence-electron chi connectivity index (χ2n) is 1.50. The molecule has 0 atom stereocenters. The standard InChI is InChI=1S/C5H8BrN3O2/c1-2-11-4(10)3(7)9-5(6)8/h2H2,1H3,(H3,7,8,9). The molecule has 0 saturated carbocycles. The summed E-state index contributed by atoms with van der Waals surface area (Å²) < 4.78 is 4.44. The Balaban J connectivity index is 4.05. The summed E-state index contributed by atoms with van der Waals surface area (Å²) in [7, 11) is 0. The molecule has 11 heavy (non-hydrogen) atoms. The van der Waals surface area contributed by atoms with E-state index >= 15 is 0 Å². The average Bonchev–Trinajstić information content (AvgIpc) is 1.86. The van der Waals surface area contributed by atoms with Gasteiger partial charge in [-0.25, -0.2) is 4.79 Å². The minimum Gasteiger partial charge on any atom is -0.460 e. The first-order chi connectivity index (χ1) is 5.07. The van der Waals surface area contributed by atoms with E-state index in [1.54, 1.807) is 6.92 Å². The van der Waals surface area contributed by atoms with Gasteiger partial charge < -0.3 is 10.5 Å². The van der Waals surface area contributed by atoms with Crippen LogP contribution in [0, 0.1) is 5.41 Å². The molecule has 5 nitrogen and oxygen atoms in total. The number of aliphatic imine (C=N–C) groups is 1. The summed E-state index contributed by atoms with van der Waals surface area (Å²) in [4.78, 5) is 14.0. The fourth-order valence-electron chi connectivity index (χ4n) is 0.352. The highest BCUT2D eigenvalue weighted by Gasteiger charge is 2.08. The van der Waals surface area contributed by atoms with Crippen LogP contribution in [0.15, 0.2) is 4.99 Å². The zero-order valence-electron chi connectivity index (χ0n) is 5.93. The second-order valence-corrected chi connectivity index (χ2v) is 2.32. The zero-order chi connectivity index (χ0) is 8.85. The minimum absolute atomic E-state index is 0.0180. The number of amidine groups is 2. The largest absolute Gasteiger partial charge is 0.460 e. The molecule has 0 aromatic rings. The molecule has 0 unspecified atom stereocenters. The highest BCUT2D eigenvalue weighted by molar-refractivity contribution is 9.18. The SMILES string of the molecule is CCOC(=O)C(=N)N=C(N)Br. The number of nitrogens with zero attached hydrogens (tertiary/aromatic N) is 1. The van der Waals surface area contributed by atoms with E-state index in [1.807, 2.05) is 0 Å². The maximum Gasteiger partial charge on any atom is 0.375 e. The molecule has 0 aromatic carbocycles. The van der Waals surface area contributed by atoms with E-state index < -0.39 is 11.8 Å². The summed E-state index contributed by atoms with van der Waals surface area (Å²) in [5.41, 5.74) is 5.05. The highest BCUT2D eigenvalue weighted by atomic mass is 79.9. The Morgan fingerprint density at radius 2 is 2.36 bits per heavy atom. The maximum atomic E-state index is 10.6. The van der Waals surface area contributed by atoms with Gasteiger partial charge in [0.1, 0.15) is 0 Å². The molecule has 0 fully saturated rings. The van der Waals surface area contributed by atoms with Gasteiger partial charge in [0, 0.05) is 0 Å². The molecule has 0 heterocycles. The molecule has 0 aliphatic carbocycles. The van der Waals surface area contributed by atoms with Crippen LogP contribution < -0.4 is 5.73 Å². The lowest BCUT2D eigenvalue weighted by molar-refractivity contribution is -0.135. The van der Waals surface area contributed by atoms with Gasteiger partial charge in [0.15, 0.2) is 4.74 Å². The van der Waals surface area contributed by atoms with Gasteiger partial charge in [-0.05, 0) is 22.9 Å². The average molecular weight is 222 g/mol. The van der Waals surface area contributed by atoms with E-state index in [9.17, 15) is 4.79 Å². The van der Waals surface area contributed by atoms with Crippen LogP contribution in [0.25, 0.3) is 0 Å². The first-order valence-corrected chi connectivity index (χ1v) is 3.62. The molecule has 0 bridgehead atoms. The lowest BCUT2D eigenvalue weighted by Crippen LogP contribution is -2.17. The van der Waals surface area contributed by atoms with E-state index in [0.29, 0.717) is 0 Å². The van der Waals surface area contributed by atoms with Gasteiger partial charge in [-0.2, -0.15) is 4.99 Å². The summed E-state index contributed by atoms with van der Waals surface area (Å²) in [5.74, 6) is -1.30. The van der Waals surface area contributed by atoms with Crippen molar-refractivity contribution in [3.63, 3.8) is 0 Å². The van der Waals surface area contributed by atoms with Crippen molar-refractivity contribution in [1.82, 2.24) is 0 Å². The van der Waals surface area contributed by atoms with E-state index in [4.69, 9.17) is 11.1 Å². The van der Waals surface area contributed by atoms with Gasteiger partial charge in [-0.3, -0.25) is 5.41 Å². The molecule has 0 rings (SSSR count). The summed E-state index contributed by atoms with van der Waals surface area (Å²) >= 11 is 2.77. The molecule has 0 aromatic heterocycles. The van der Waals surface area contributed by atoms with Crippen molar-refractivity contribution in [2.75, 3.05) is 6.61 Å². The molecule has 0 amide bonds. The van der Waals surface area contributed by atoms with Gasteiger partial charge in [0.05, 0.1) is 6.61 Å². The summed E-state index contributed by atoms with van der Waals surface area (Å²) in [6.07, 6.45) is 0. The second kappa shape index (κ2) is 4.84. The van der Waals surface area contributed by atoms with E-state index in [2.05, 4.69) is 25.7 Å². The number of hydrogen-bond acceptors (Lipinski definition) is 3. The van der Waals surface area contributed by atoms with Gasteiger partial charge in [-0.15, -0.1) is 0 Å². The van der Waals surface area contributed by atoms with Crippen molar-refractivity contribution in [2.45, 2.75) is 6.92 Å². The molecule has 0 spiro atoms. The number of esters is 1. The number of rotatable bonds is 1. The Bertz CT molecular complexity index is 198. The van der Waals surface area contributed by atoms with Crippen molar-refractivity contribution >= 4 is 32.5 Å². The van der Waals surface area contributed by atoms with E-state index in [1.165, 1.54) is 0 Å². The van der Waals surface area contributed by atoms with Crippen LogP contribution in [-0.2, 0) is 9.53 Å². The molecule has 3 N–H and O–H groups in total. The third-order valence-corrected chi connectivity index (χ3v) is 0.865. The Morgan fingerprint density at radius 1 is 1.82 bits per heavy atom. The number of nitrogens with two attached hydrogens (primary N) is 1. The smallest absolute Gasteiger partial charge is 0.375 e. The van der Waals surface area contributed by atoms with Crippen molar-refractivity contribution < 1.29 is 9.53 Å². The maximum absolute atomic E-state index is 10.6.